The van der Waals surface area contributed by atoms with Crippen molar-refractivity contribution in [3.63, 3.8) is 0 Å². The summed E-state index contributed by atoms with van der Waals surface area (Å²) >= 11 is 0. The first-order chi connectivity index (χ1) is 13.9. The Morgan fingerprint density at radius 1 is 1.24 bits per heavy atom. The average molecular weight is 402 g/mol. The van der Waals surface area contributed by atoms with Crippen LogP contribution in [0.5, 0.6) is 5.75 Å². The van der Waals surface area contributed by atoms with Gasteiger partial charge in [0.05, 0.1) is 12.1 Å². The van der Waals surface area contributed by atoms with Crippen molar-refractivity contribution in [1.82, 2.24) is 5.32 Å². The molecule has 1 aliphatic carbocycles. The molecule has 1 N–H and O–H groups in total. The number of anilines is 1. The number of fused-ring (bicyclic) bond motifs is 1. The molecule has 1 heterocycles. The monoisotopic (exact) mass is 402 g/mol. The molecular formula is C22H30N2O5. The molecule has 4 unspecified atom stereocenters. The highest BCUT2D eigenvalue weighted by Crippen LogP contribution is 2.33. The SMILES string of the molecule is CC(OC(=O)CCN1C(=O)C(C)Oc2ccccc21)C(=O)NC1CCCCC1C. The molecule has 29 heavy (non-hydrogen) atoms. The summed E-state index contributed by atoms with van der Waals surface area (Å²) < 4.78 is 10.9. The molecule has 158 valence electrons. The normalized spacial score (nSPS) is 24.9. The van der Waals surface area contributed by atoms with Gasteiger partial charge in [-0.2, -0.15) is 0 Å². The minimum atomic E-state index is -0.858. The second kappa shape index (κ2) is 9.29. The van der Waals surface area contributed by atoms with Crippen LogP contribution < -0.4 is 15.0 Å². The third kappa shape index (κ3) is 5.08. The zero-order valence-electron chi connectivity index (χ0n) is 17.3. The van der Waals surface area contributed by atoms with Crippen molar-refractivity contribution >= 4 is 23.5 Å². The van der Waals surface area contributed by atoms with E-state index in [1.165, 1.54) is 6.42 Å². The van der Waals surface area contributed by atoms with Gasteiger partial charge in [-0.1, -0.05) is 31.9 Å². The van der Waals surface area contributed by atoms with Gasteiger partial charge in [-0.25, -0.2) is 0 Å². The first kappa shape index (κ1) is 21.1. The number of benzene rings is 1. The lowest BCUT2D eigenvalue weighted by Crippen LogP contribution is -2.46. The Balaban J connectivity index is 1.51. The van der Waals surface area contributed by atoms with Gasteiger partial charge < -0.3 is 19.7 Å². The maximum Gasteiger partial charge on any atom is 0.308 e. The minimum Gasteiger partial charge on any atom is -0.479 e. The molecule has 2 amide bonds. The summed E-state index contributed by atoms with van der Waals surface area (Å²) in [6, 6.07) is 7.37. The standard InChI is InChI=1S/C22H30N2O5/c1-14-8-4-5-9-17(14)23-21(26)15(2)29-20(25)12-13-24-18-10-6-7-11-19(18)28-16(3)22(24)27/h6-7,10-11,14-17H,4-5,8-9,12-13H2,1-3H3,(H,23,26). The largest absolute Gasteiger partial charge is 0.479 e. The third-order valence-corrected chi connectivity index (χ3v) is 5.73. The molecule has 4 atom stereocenters. The Hall–Kier alpha value is -2.57. The van der Waals surface area contributed by atoms with Gasteiger partial charge in [0.1, 0.15) is 5.75 Å². The quantitative estimate of drug-likeness (QED) is 0.740. The van der Waals surface area contributed by atoms with Gasteiger partial charge in [-0.3, -0.25) is 14.4 Å². The Labute approximate surface area is 171 Å². The van der Waals surface area contributed by atoms with Crippen LogP contribution in [0, 0.1) is 5.92 Å². The molecule has 7 nitrogen and oxygen atoms in total. The van der Waals surface area contributed by atoms with Crippen molar-refractivity contribution in [3.8, 4) is 5.75 Å². The molecule has 7 heteroatoms. The number of hydrogen-bond donors (Lipinski definition) is 1. The molecule has 1 fully saturated rings. The fourth-order valence-corrected chi connectivity index (χ4v) is 3.93. The van der Waals surface area contributed by atoms with Crippen LogP contribution in [0.25, 0.3) is 0 Å². The lowest BCUT2D eigenvalue weighted by atomic mass is 9.86. The fraction of sp³-hybridized carbons (Fsp3) is 0.591. The molecule has 1 aromatic carbocycles. The van der Waals surface area contributed by atoms with Crippen molar-refractivity contribution in [2.75, 3.05) is 11.4 Å². The Morgan fingerprint density at radius 3 is 2.72 bits per heavy atom. The van der Waals surface area contributed by atoms with Crippen LogP contribution in [0.2, 0.25) is 0 Å². The lowest BCUT2D eigenvalue weighted by molar-refractivity contribution is -0.155. The number of hydrogen-bond acceptors (Lipinski definition) is 5. The van der Waals surface area contributed by atoms with Crippen LogP contribution in [0.4, 0.5) is 5.69 Å². The van der Waals surface area contributed by atoms with Crippen molar-refractivity contribution in [2.45, 2.75) is 71.1 Å². The number of carbonyl (C=O) groups excluding carboxylic acids is 3. The van der Waals surface area contributed by atoms with Gasteiger partial charge in [0.2, 0.25) is 0 Å². The number of ether oxygens (including phenoxy) is 2. The fourth-order valence-electron chi connectivity index (χ4n) is 3.93. The minimum absolute atomic E-state index is 0.00421. The van der Waals surface area contributed by atoms with Crippen LogP contribution in [0.3, 0.4) is 0 Å². The van der Waals surface area contributed by atoms with Gasteiger partial charge in [-0.05, 0) is 44.7 Å². The molecular weight excluding hydrogens is 372 g/mol. The van der Waals surface area contributed by atoms with Gasteiger partial charge in [0, 0.05) is 12.6 Å². The van der Waals surface area contributed by atoms with Gasteiger partial charge in [-0.15, -0.1) is 0 Å². The van der Waals surface area contributed by atoms with Crippen molar-refractivity contribution in [1.29, 1.82) is 0 Å². The molecule has 0 bridgehead atoms. The molecule has 0 spiro atoms. The lowest BCUT2D eigenvalue weighted by Gasteiger charge is -2.33. The van der Waals surface area contributed by atoms with Gasteiger partial charge >= 0.3 is 5.97 Å². The van der Waals surface area contributed by atoms with Crippen molar-refractivity contribution < 1.29 is 23.9 Å². The number of rotatable bonds is 6. The molecule has 0 aromatic heterocycles. The number of amides is 2. The highest BCUT2D eigenvalue weighted by Gasteiger charge is 2.32. The Morgan fingerprint density at radius 2 is 1.97 bits per heavy atom. The second-order valence-corrected chi connectivity index (χ2v) is 7.98. The molecule has 1 aromatic rings. The van der Waals surface area contributed by atoms with E-state index in [1.807, 2.05) is 12.1 Å². The molecule has 1 aliphatic heterocycles. The van der Waals surface area contributed by atoms with E-state index in [-0.39, 0.29) is 30.8 Å². The van der Waals surface area contributed by atoms with E-state index in [0.717, 1.165) is 19.3 Å². The zero-order chi connectivity index (χ0) is 21.0. The summed E-state index contributed by atoms with van der Waals surface area (Å²) in [4.78, 5) is 38.7. The number of nitrogens with zero attached hydrogens (tertiary/aromatic N) is 1. The first-order valence-electron chi connectivity index (χ1n) is 10.4. The van der Waals surface area contributed by atoms with Crippen molar-refractivity contribution in [2.24, 2.45) is 5.92 Å². The number of nitrogens with one attached hydrogen (secondary N) is 1. The van der Waals surface area contributed by atoms with E-state index in [1.54, 1.807) is 30.9 Å². The first-order valence-corrected chi connectivity index (χ1v) is 10.4. The molecule has 2 aliphatic rings. The third-order valence-electron chi connectivity index (χ3n) is 5.73. The molecule has 0 saturated heterocycles. The average Bonchev–Trinajstić information content (AvgIpc) is 2.70. The topological polar surface area (TPSA) is 84.9 Å². The summed E-state index contributed by atoms with van der Waals surface area (Å²) in [7, 11) is 0. The Kier molecular flexibility index (Phi) is 6.77. The van der Waals surface area contributed by atoms with E-state index >= 15 is 0 Å². The van der Waals surface area contributed by atoms with E-state index in [9.17, 15) is 14.4 Å². The molecule has 1 saturated carbocycles. The van der Waals surface area contributed by atoms with Crippen LogP contribution in [-0.2, 0) is 19.1 Å². The Bertz CT molecular complexity index is 765. The van der Waals surface area contributed by atoms with Gasteiger partial charge in [0.25, 0.3) is 11.8 Å². The zero-order valence-corrected chi connectivity index (χ0v) is 17.3. The van der Waals surface area contributed by atoms with Crippen molar-refractivity contribution in [3.05, 3.63) is 24.3 Å². The highest BCUT2D eigenvalue weighted by atomic mass is 16.5. The molecule has 0 radical (unpaired) electrons. The van der Waals surface area contributed by atoms with Crippen LogP contribution in [-0.4, -0.2) is 42.6 Å². The van der Waals surface area contributed by atoms with Crippen LogP contribution >= 0.6 is 0 Å². The van der Waals surface area contributed by atoms with Gasteiger partial charge in [0.15, 0.2) is 12.2 Å². The van der Waals surface area contributed by atoms with E-state index < -0.39 is 18.2 Å². The summed E-state index contributed by atoms with van der Waals surface area (Å²) in [5.41, 5.74) is 0.639. The number of carbonyl (C=O) groups is 3. The van der Waals surface area contributed by atoms with Crippen LogP contribution in [0.15, 0.2) is 24.3 Å². The maximum atomic E-state index is 12.5. The van der Waals surface area contributed by atoms with E-state index in [4.69, 9.17) is 9.47 Å². The second-order valence-electron chi connectivity index (χ2n) is 7.98. The highest BCUT2D eigenvalue weighted by molar-refractivity contribution is 6.00. The van der Waals surface area contributed by atoms with Crippen LogP contribution in [0.1, 0.15) is 52.9 Å². The number of para-hydroxylation sites is 2. The van der Waals surface area contributed by atoms with E-state index in [2.05, 4.69) is 12.2 Å². The summed E-state index contributed by atoms with van der Waals surface area (Å²) in [6.45, 7) is 5.58. The summed E-state index contributed by atoms with van der Waals surface area (Å²) in [5, 5.41) is 3.01. The maximum absolute atomic E-state index is 12.5. The summed E-state index contributed by atoms with van der Waals surface area (Å²) in [6.07, 6.45) is 2.91. The summed E-state index contributed by atoms with van der Waals surface area (Å²) in [5.74, 6) is 0.0770. The predicted molar refractivity (Wildman–Crippen MR) is 109 cm³/mol. The predicted octanol–water partition coefficient (Wildman–Crippen LogP) is 2.82. The smallest absolute Gasteiger partial charge is 0.308 e. The number of esters is 1. The van der Waals surface area contributed by atoms with E-state index in [0.29, 0.717) is 17.4 Å². The molecule has 3 rings (SSSR count).